The van der Waals surface area contributed by atoms with Crippen LogP contribution in [0.2, 0.25) is 0 Å². The van der Waals surface area contributed by atoms with Crippen LogP contribution in [-0.2, 0) is 25.7 Å². The van der Waals surface area contributed by atoms with Gasteiger partial charge in [0, 0.05) is 6.54 Å². The first-order chi connectivity index (χ1) is 13.1. The molecule has 1 N–H and O–H groups in total. The third-order valence-electron chi connectivity index (χ3n) is 4.64. The molecule has 7 nitrogen and oxygen atoms in total. The van der Waals surface area contributed by atoms with Crippen LogP contribution in [0.25, 0.3) is 0 Å². The van der Waals surface area contributed by atoms with Crippen molar-refractivity contribution in [2.24, 2.45) is 0 Å². The molecule has 0 spiro atoms. The number of unbranched alkanes of at least 4 members (excludes halogenated alkanes) is 1. The number of carbonyl (C=O) groups is 3. The summed E-state index contributed by atoms with van der Waals surface area (Å²) < 4.78 is 10.1. The van der Waals surface area contributed by atoms with E-state index in [0.717, 1.165) is 24.8 Å². The number of likely N-dealkylation sites (tertiary alicyclic amines) is 1. The predicted octanol–water partition coefficient (Wildman–Crippen LogP) is 2.64. The van der Waals surface area contributed by atoms with Crippen molar-refractivity contribution in [2.45, 2.75) is 57.7 Å². The number of rotatable bonds is 8. The molecule has 0 aliphatic carbocycles. The number of esters is 1. The standard InChI is InChI=1S/C20H28N2O5/c1-3-4-11-16(19(24)26-2)21-18(23)17-12-8-13-22(17)20(25)27-14-15-9-6-5-7-10-15/h5-7,9-10,16-17H,3-4,8,11-14H2,1-2H3,(H,21,23)/t16-,17+/m0/s1. The van der Waals surface area contributed by atoms with Crippen molar-refractivity contribution < 1.29 is 23.9 Å². The van der Waals surface area contributed by atoms with Gasteiger partial charge >= 0.3 is 12.1 Å². The molecule has 1 aromatic rings. The molecule has 0 aromatic heterocycles. The van der Waals surface area contributed by atoms with E-state index in [4.69, 9.17) is 9.47 Å². The van der Waals surface area contributed by atoms with Gasteiger partial charge in [0.2, 0.25) is 5.91 Å². The molecule has 27 heavy (non-hydrogen) atoms. The fourth-order valence-corrected chi connectivity index (χ4v) is 3.13. The van der Waals surface area contributed by atoms with Gasteiger partial charge in [0.05, 0.1) is 7.11 Å². The average molecular weight is 376 g/mol. The summed E-state index contributed by atoms with van der Waals surface area (Å²) in [4.78, 5) is 38.4. The highest BCUT2D eigenvalue weighted by atomic mass is 16.6. The van der Waals surface area contributed by atoms with Gasteiger partial charge in [-0.1, -0.05) is 50.1 Å². The average Bonchev–Trinajstić information content (AvgIpc) is 3.19. The van der Waals surface area contributed by atoms with Crippen molar-refractivity contribution in [3.63, 3.8) is 0 Å². The Bertz CT molecular complexity index is 635. The van der Waals surface area contributed by atoms with Crippen molar-refractivity contribution >= 4 is 18.0 Å². The van der Waals surface area contributed by atoms with Crippen molar-refractivity contribution in [2.75, 3.05) is 13.7 Å². The number of carbonyl (C=O) groups excluding carboxylic acids is 3. The maximum atomic E-state index is 12.7. The summed E-state index contributed by atoms with van der Waals surface area (Å²) in [7, 11) is 1.30. The SMILES string of the molecule is CCCC[C@H](NC(=O)[C@H]1CCCN1C(=O)OCc1ccccc1)C(=O)OC. The molecular formula is C20H28N2O5. The van der Waals surface area contributed by atoms with Gasteiger partial charge in [-0.3, -0.25) is 9.69 Å². The molecule has 0 radical (unpaired) electrons. The molecule has 1 fully saturated rings. The Morgan fingerprint density at radius 3 is 2.67 bits per heavy atom. The highest BCUT2D eigenvalue weighted by Gasteiger charge is 2.36. The second kappa shape index (κ2) is 10.5. The molecule has 2 amide bonds. The van der Waals surface area contributed by atoms with Gasteiger partial charge in [-0.25, -0.2) is 9.59 Å². The third-order valence-corrected chi connectivity index (χ3v) is 4.64. The van der Waals surface area contributed by atoms with Crippen LogP contribution >= 0.6 is 0 Å². The number of nitrogens with zero attached hydrogens (tertiary/aromatic N) is 1. The molecule has 7 heteroatoms. The fourth-order valence-electron chi connectivity index (χ4n) is 3.13. The molecule has 1 heterocycles. The van der Waals surface area contributed by atoms with Crippen molar-refractivity contribution in [3.05, 3.63) is 35.9 Å². The van der Waals surface area contributed by atoms with Crippen LogP contribution in [0.3, 0.4) is 0 Å². The molecule has 148 valence electrons. The van der Waals surface area contributed by atoms with Gasteiger partial charge in [-0.2, -0.15) is 0 Å². The van der Waals surface area contributed by atoms with E-state index in [1.807, 2.05) is 37.3 Å². The molecule has 0 bridgehead atoms. The van der Waals surface area contributed by atoms with Crippen LogP contribution in [0.4, 0.5) is 4.79 Å². The number of benzene rings is 1. The minimum Gasteiger partial charge on any atom is -0.467 e. The van der Waals surface area contributed by atoms with Crippen molar-refractivity contribution in [3.8, 4) is 0 Å². The summed E-state index contributed by atoms with van der Waals surface area (Å²) in [5.74, 6) is -0.802. The van der Waals surface area contributed by atoms with E-state index in [1.165, 1.54) is 12.0 Å². The molecule has 2 atom stereocenters. The summed E-state index contributed by atoms with van der Waals surface area (Å²) in [6.07, 6.45) is 2.97. The molecule has 0 saturated carbocycles. The fraction of sp³-hybridized carbons (Fsp3) is 0.550. The molecule has 0 unspecified atom stereocenters. The third kappa shape index (κ3) is 5.98. The number of methoxy groups -OCH3 is 1. The number of hydrogen-bond donors (Lipinski definition) is 1. The van der Waals surface area contributed by atoms with Crippen molar-refractivity contribution in [1.82, 2.24) is 10.2 Å². The highest BCUT2D eigenvalue weighted by molar-refractivity contribution is 5.90. The minimum atomic E-state index is -0.690. The molecule has 1 saturated heterocycles. The zero-order valence-electron chi connectivity index (χ0n) is 16.0. The summed E-state index contributed by atoms with van der Waals surface area (Å²) in [5.41, 5.74) is 0.886. The summed E-state index contributed by atoms with van der Waals surface area (Å²) in [5, 5.41) is 2.74. The van der Waals surface area contributed by atoms with Gasteiger partial charge in [0.15, 0.2) is 0 Å². The normalized spacial score (nSPS) is 17.3. The van der Waals surface area contributed by atoms with E-state index in [9.17, 15) is 14.4 Å². The lowest BCUT2D eigenvalue weighted by Gasteiger charge is -2.25. The second-order valence-corrected chi connectivity index (χ2v) is 6.62. The van der Waals surface area contributed by atoms with E-state index in [0.29, 0.717) is 19.4 Å². The molecule has 1 aliphatic rings. The van der Waals surface area contributed by atoms with E-state index in [-0.39, 0.29) is 12.5 Å². The summed E-state index contributed by atoms with van der Waals surface area (Å²) in [6, 6.07) is 8.07. The van der Waals surface area contributed by atoms with Crippen molar-refractivity contribution in [1.29, 1.82) is 0 Å². The lowest BCUT2D eigenvalue weighted by Crippen LogP contribution is -2.51. The largest absolute Gasteiger partial charge is 0.467 e. The number of amides is 2. The smallest absolute Gasteiger partial charge is 0.410 e. The van der Waals surface area contributed by atoms with Crippen LogP contribution in [-0.4, -0.2) is 48.6 Å². The Labute approximate surface area is 160 Å². The maximum Gasteiger partial charge on any atom is 0.410 e. The number of nitrogens with one attached hydrogen (secondary N) is 1. The molecule has 2 rings (SSSR count). The van der Waals surface area contributed by atoms with Gasteiger partial charge in [0.1, 0.15) is 18.7 Å². The highest BCUT2D eigenvalue weighted by Crippen LogP contribution is 2.19. The number of hydrogen-bond acceptors (Lipinski definition) is 5. The summed E-state index contributed by atoms with van der Waals surface area (Å²) >= 11 is 0. The first-order valence-electron chi connectivity index (χ1n) is 9.42. The lowest BCUT2D eigenvalue weighted by atomic mass is 10.1. The maximum absolute atomic E-state index is 12.7. The van der Waals surface area contributed by atoms with Crippen LogP contribution in [0.1, 0.15) is 44.6 Å². The van der Waals surface area contributed by atoms with E-state index in [1.54, 1.807) is 0 Å². The molecule has 1 aliphatic heterocycles. The Kier molecular flexibility index (Phi) is 8.10. The van der Waals surface area contributed by atoms with E-state index < -0.39 is 24.1 Å². The Hall–Kier alpha value is -2.57. The van der Waals surface area contributed by atoms with E-state index >= 15 is 0 Å². The zero-order chi connectivity index (χ0) is 19.6. The first kappa shape index (κ1) is 20.7. The van der Waals surface area contributed by atoms with E-state index in [2.05, 4.69) is 5.32 Å². The Balaban J connectivity index is 1.93. The quantitative estimate of drug-likeness (QED) is 0.705. The summed E-state index contributed by atoms with van der Waals surface area (Å²) in [6.45, 7) is 2.63. The molecular weight excluding hydrogens is 348 g/mol. The second-order valence-electron chi connectivity index (χ2n) is 6.62. The number of ether oxygens (including phenoxy) is 2. The van der Waals surface area contributed by atoms with Crippen LogP contribution in [0.5, 0.6) is 0 Å². The van der Waals surface area contributed by atoms with Crippen LogP contribution < -0.4 is 5.32 Å². The van der Waals surface area contributed by atoms with Gasteiger partial charge in [-0.15, -0.1) is 0 Å². The van der Waals surface area contributed by atoms with Gasteiger partial charge in [0.25, 0.3) is 0 Å². The van der Waals surface area contributed by atoms with Gasteiger partial charge < -0.3 is 14.8 Å². The lowest BCUT2D eigenvalue weighted by molar-refractivity contribution is -0.145. The molecule has 1 aromatic carbocycles. The Morgan fingerprint density at radius 2 is 2.00 bits per heavy atom. The van der Waals surface area contributed by atoms with Gasteiger partial charge in [-0.05, 0) is 24.8 Å². The zero-order valence-corrected chi connectivity index (χ0v) is 16.0. The Morgan fingerprint density at radius 1 is 1.26 bits per heavy atom. The topological polar surface area (TPSA) is 84.9 Å². The van der Waals surface area contributed by atoms with Crippen LogP contribution in [0.15, 0.2) is 30.3 Å². The first-order valence-corrected chi connectivity index (χ1v) is 9.42. The minimum absolute atomic E-state index is 0.159. The predicted molar refractivity (Wildman–Crippen MR) is 99.8 cm³/mol. The van der Waals surface area contributed by atoms with Crippen LogP contribution in [0, 0.1) is 0 Å². The monoisotopic (exact) mass is 376 g/mol.